The largest absolute Gasteiger partial charge is 0.347 e. The van der Waals surface area contributed by atoms with Crippen molar-refractivity contribution in [1.82, 2.24) is 9.99 Å². The summed E-state index contributed by atoms with van der Waals surface area (Å²) in [5.41, 5.74) is 9.31. The molecule has 1 heterocycles. The van der Waals surface area contributed by atoms with E-state index < -0.39 is 0 Å². The van der Waals surface area contributed by atoms with Crippen molar-refractivity contribution < 1.29 is 4.79 Å². The molecule has 4 nitrogen and oxygen atoms in total. The van der Waals surface area contributed by atoms with Crippen LogP contribution in [0.25, 0.3) is 10.9 Å². The minimum atomic E-state index is -0.110. The number of carbonyl (C=O) groups is 1. The van der Waals surface area contributed by atoms with E-state index in [-0.39, 0.29) is 5.91 Å². The number of nitrogens with zero attached hydrogens (tertiary/aromatic N) is 2. The van der Waals surface area contributed by atoms with E-state index in [1.165, 1.54) is 5.56 Å². The SMILES string of the molecule is Cc1ccc(CC(=O)N/N=C/c2c(C)n(C)c3ccccc23)c(C)c1. The van der Waals surface area contributed by atoms with E-state index in [4.69, 9.17) is 0 Å². The molecule has 0 atom stereocenters. The molecule has 25 heavy (non-hydrogen) atoms. The molecule has 1 N–H and O–H groups in total. The minimum absolute atomic E-state index is 0.110. The van der Waals surface area contributed by atoms with Crippen molar-refractivity contribution >= 4 is 23.0 Å². The number of amides is 1. The van der Waals surface area contributed by atoms with Gasteiger partial charge in [-0.2, -0.15) is 5.10 Å². The van der Waals surface area contributed by atoms with Gasteiger partial charge in [-0.05, 0) is 38.0 Å². The molecular formula is C21H23N3O. The molecule has 0 radical (unpaired) electrons. The highest BCUT2D eigenvalue weighted by molar-refractivity contribution is 6.01. The van der Waals surface area contributed by atoms with Gasteiger partial charge in [0.25, 0.3) is 0 Å². The first-order valence-corrected chi connectivity index (χ1v) is 8.39. The number of nitrogens with one attached hydrogen (secondary N) is 1. The summed E-state index contributed by atoms with van der Waals surface area (Å²) >= 11 is 0. The van der Waals surface area contributed by atoms with Gasteiger partial charge in [0.2, 0.25) is 5.91 Å². The van der Waals surface area contributed by atoms with Crippen LogP contribution in [0.4, 0.5) is 0 Å². The Balaban J connectivity index is 1.73. The molecular weight excluding hydrogens is 310 g/mol. The van der Waals surface area contributed by atoms with Gasteiger partial charge in [-0.1, -0.05) is 42.0 Å². The molecule has 0 aliphatic heterocycles. The molecule has 128 valence electrons. The van der Waals surface area contributed by atoms with E-state index in [1.807, 2.05) is 45.2 Å². The topological polar surface area (TPSA) is 46.4 Å². The second-order valence-electron chi connectivity index (χ2n) is 6.48. The van der Waals surface area contributed by atoms with Crippen molar-refractivity contribution in [2.24, 2.45) is 12.1 Å². The fraction of sp³-hybridized carbons (Fsp3) is 0.238. The molecule has 0 spiro atoms. The minimum Gasteiger partial charge on any atom is -0.347 e. The van der Waals surface area contributed by atoms with Crippen molar-refractivity contribution in [2.45, 2.75) is 27.2 Å². The van der Waals surface area contributed by atoms with Crippen LogP contribution in [0.1, 0.15) is 27.9 Å². The number of carbonyl (C=O) groups excluding carboxylic acids is 1. The highest BCUT2D eigenvalue weighted by Gasteiger charge is 2.10. The molecule has 1 amide bonds. The van der Waals surface area contributed by atoms with Gasteiger partial charge in [-0.25, -0.2) is 5.43 Å². The Labute approximate surface area is 148 Å². The standard InChI is InChI=1S/C21H23N3O/c1-14-9-10-17(15(2)11-14)12-21(25)23-22-13-19-16(3)24(4)20-8-6-5-7-18(19)20/h5-11,13H,12H2,1-4H3,(H,23,25)/b22-13+. The average molecular weight is 333 g/mol. The number of aromatic nitrogens is 1. The third-order valence-corrected chi connectivity index (χ3v) is 4.68. The van der Waals surface area contributed by atoms with Gasteiger partial charge in [0.1, 0.15) is 0 Å². The molecule has 0 fully saturated rings. The van der Waals surface area contributed by atoms with Crippen LogP contribution >= 0.6 is 0 Å². The van der Waals surface area contributed by atoms with E-state index >= 15 is 0 Å². The second kappa shape index (κ2) is 6.93. The Bertz CT molecular complexity index is 967. The molecule has 3 rings (SSSR count). The third-order valence-electron chi connectivity index (χ3n) is 4.68. The molecule has 0 saturated carbocycles. The van der Waals surface area contributed by atoms with Crippen LogP contribution in [0, 0.1) is 20.8 Å². The van der Waals surface area contributed by atoms with E-state index in [9.17, 15) is 4.79 Å². The Morgan fingerprint density at radius 2 is 1.92 bits per heavy atom. The van der Waals surface area contributed by atoms with E-state index in [0.29, 0.717) is 6.42 Å². The molecule has 0 bridgehead atoms. The van der Waals surface area contributed by atoms with Crippen molar-refractivity contribution in [3.05, 3.63) is 70.4 Å². The number of benzene rings is 2. The summed E-state index contributed by atoms with van der Waals surface area (Å²) in [4.78, 5) is 12.2. The van der Waals surface area contributed by atoms with Gasteiger partial charge in [-0.3, -0.25) is 4.79 Å². The summed E-state index contributed by atoms with van der Waals surface area (Å²) in [6.45, 7) is 6.13. The summed E-state index contributed by atoms with van der Waals surface area (Å²) in [6, 6.07) is 14.3. The number of hydrogen-bond donors (Lipinski definition) is 1. The van der Waals surface area contributed by atoms with Crippen molar-refractivity contribution in [2.75, 3.05) is 0 Å². The summed E-state index contributed by atoms with van der Waals surface area (Å²) < 4.78 is 2.13. The Kier molecular flexibility index (Phi) is 4.70. The maximum atomic E-state index is 12.2. The molecule has 0 aliphatic carbocycles. The highest BCUT2D eigenvalue weighted by atomic mass is 16.2. The first kappa shape index (κ1) is 17.0. The van der Waals surface area contributed by atoms with Crippen LogP contribution < -0.4 is 5.43 Å². The van der Waals surface area contributed by atoms with Gasteiger partial charge < -0.3 is 4.57 Å². The van der Waals surface area contributed by atoms with Crippen molar-refractivity contribution in [3.63, 3.8) is 0 Å². The molecule has 2 aromatic carbocycles. The first-order chi connectivity index (χ1) is 12.0. The lowest BCUT2D eigenvalue weighted by Gasteiger charge is -2.05. The van der Waals surface area contributed by atoms with Gasteiger partial charge in [0.05, 0.1) is 12.6 Å². The number of hydrogen-bond acceptors (Lipinski definition) is 2. The van der Waals surface area contributed by atoms with Gasteiger partial charge in [0, 0.05) is 29.2 Å². The maximum Gasteiger partial charge on any atom is 0.244 e. The van der Waals surface area contributed by atoms with Crippen LogP contribution in [0.5, 0.6) is 0 Å². The van der Waals surface area contributed by atoms with Gasteiger partial charge in [-0.15, -0.1) is 0 Å². The zero-order valence-electron chi connectivity index (χ0n) is 15.1. The normalized spacial score (nSPS) is 11.4. The van der Waals surface area contributed by atoms with Crippen LogP contribution in [-0.4, -0.2) is 16.7 Å². The van der Waals surface area contributed by atoms with Crippen molar-refractivity contribution in [3.8, 4) is 0 Å². The Morgan fingerprint density at radius 3 is 2.68 bits per heavy atom. The van der Waals surface area contributed by atoms with Crippen LogP contribution in [0.3, 0.4) is 0 Å². The highest BCUT2D eigenvalue weighted by Crippen LogP contribution is 2.22. The number of fused-ring (bicyclic) bond motifs is 1. The molecule has 3 aromatic rings. The van der Waals surface area contributed by atoms with Crippen molar-refractivity contribution in [1.29, 1.82) is 0 Å². The fourth-order valence-corrected chi connectivity index (χ4v) is 3.14. The lowest BCUT2D eigenvalue weighted by atomic mass is 10.0. The van der Waals surface area contributed by atoms with Crippen LogP contribution in [-0.2, 0) is 18.3 Å². The fourth-order valence-electron chi connectivity index (χ4n) is 3.14. The van der Waals surface area contributed by atoms with Crippen LogP contribution in [0.15, 0.2) is 47.6 Å². The third kappa shape index (κ3) is 3.48. The smallest absolute Gasteiger partial charge is 0.244 e. The van der Waals surface area contributed by atoms with E-state index in [2.05, 4.69) is 40.2 Å². The zero-order chi connectivity index (χ0) is 18.0. The predicted molar refractivity (Wildman–Crippen MR) is 103 cm³/mol. The van der Waals surface area contributed by atoms with Crippen LogP contribution in [0.2, 0.25) is 0 Å². The Hall–Kier alpha value is -2.88. The summed E-state index contributed by atoms with van der Waals surface area (Å²) in [6.07, 6.45) is 2.07. The molecule has 1 aromatic heterocycles. The van der Waals surface area contributed by atoms with Gasteiger partial charge in [0.15, 0.2) is 0 Å². The molecule has 4 heteroatoms. The summed E-state index contributed by atoms with van der Waals surface area (Å²) in [7, 11) is 2.04. The van der Waals surface area contributed by atoms with E-state index in [1.54, 1.807) is 6.21 Å². The Morgan fingerprint density at radius 1 is 1.16 bits per heavy atom. The average Bonchev–Trinajstić information content (AvgIpc) is 2.83. The first-order valence-electron chi connectivity index (χ1n) is 8.39. The zero-order valence-corrected chi connectivity index (χ0v) is 15.1. The number of para-hydroxylation sites is 1. The maximum absolute atomic E-state index is 12.2. The second-order valence-corrected chi connectivity index (χ2v) is 6.48. The summed E-state index contributed by atoms with van der Waals surface area (Å²) in [5.74, 6) is -0.110. The number of hydrazone groups is 1. The lowest BCUT2D eigenvalue weighted by Crippen LogP contribution is -2.20. The lowest BCUT2D eigenvalue weighted by molar-refractivity contribution is -0.120. The number of rotatable bonds is 4. The summed E-state index contributed by atoms with van der Waals surface area (Å²) in [5, 5.41) is 5.31. The predicted octanol–water partition coefficient (Wildman–Crippen LogP) is 3.80. The van der Waals surface area contributed by atoms with Gasteiger partial charge >= 0.3 is 0 Å². The molecule has 0 unspecified atom stereocenters. The number of aryl methyl sites for hydroxylation is 3. The van der Waals surface area contributed by atoms with E-state index in [0.717, 1.165) is 33.3 Å². The monoisotopic (exact) mass is 333 g/mol. The quantitative estimate of drug-likeness (QED) is 0.573. The molecule has 0 aliphatic rings. The molecule has 0 saturated heterocycles.